The Labute approximate surface area is 122 Å². The van der Waals surface area contributed by atoms with E-state index in [1.807, 2.05) is 18.2 Å². The summed E-state index contributed by atoms with van der Waals surface area (Å²) in [6, 6.07) is 6.22. The van der Waals surface area contributed by atoms with Crippen LogP contribution in [0.2, 0.25) is 0 Å². The molecule has 7 heteroatoms. The molecule has 19 heavy (non-hydrogen) atoms. The number of halogens is 1. The number of benzene rings is 1. The normalized spacial score (nSPS) is 14.8. The summed E-state index contributed by atoms with van der Waals surface area (Å²) >= 11 is 4.93. The summed E-state index contributed by atoms with van der Waals surface area (Å²) in [5, 5.41) is 7.36. The van der Waals surface area contributed by atoms with Gasteiger partial charge in [-0.05, 0) is 46.5 Å². The Balaban J connectivity index is 1.75. The minimum absolute atomic E-state index is 0.111. The molecule has 1 saturated carbocycles. The molecule has 5 nitrogen and oxygen atoms in total. The van der Waals surface area contributed by atoms with Gasteiger partial charge in [0.15, 0.2) is 5.16 Å². The molecule has 0 radical (unpaired) electrons. The Morgan fingerprint density at radius 3 is 3.00 bits per heavy atom. The topological polar surface area (TPSA) is 76.7 Å². The van der Waals surface area contributed by atoms with E-state index in [0.29, 0.717) is 6.04 Å². The molecule has 1 aromatic carbocycles. The third kappa shape index (κ3) is 2.71. The van der Waals surface area contributed by atoms with Crippen LogP contribution in [0.15, 0.2) is 32.6 Å². The molecule has 0 unspecified atom stereocenters. The van der Waals surface area contributed by atoms with E-state index >= 15 is 0 Å². The third-order valence-corrected chi connectivity index (χ3v) is 4.76. The highest BCUT2D eigenvalue weighted by Gasteiger charge is 2.28. The molecule has 0 saturated heterocycles. The SMILES string of the molecule is Nc1cc(CSc2n[nH]c(=O)n2C2CC2)ccc1Br. The number of anilines is 1. The number of aromatic amines is 1. The van der Waals surface area contributed by atoms with Crippen molar-refractivity contribution in [1.82, 2.24) is 14.8 Å². The predicted octanol–water partition coefficient (Wildman–Crippen LogP) is 2.54. The minimum atomic E-state index is -0.111. The first-order valence-electron chi connectivity index (χ1n) is 5.99. The predicted molar refractivity (Wildman–Crippen MR) is 79.2 cm³/mol. The molecule has 1 aliphatic rings. The molecule has 100 valence electrons. The highest BCUT2D eigenvalue weighted by atomic mass is 79.9. The summed E-state index contributed by atoms with van der Waals surface area (Å²) in [4.78, 5) is 11.6. The van der Waals surface area contributed by atoms with Crippen molar-refractivity contribution in [3.05, 3.63) is 38.7 Å². The number of aromatic nitrogens is 3. The van der Waals surface area contributed by atoms with E-state index in [4.69, 9.17) is 5.73 Å². The highest BCUT2D eigenvalue weighted by Crippen LogP contribution is 2.36. The molecule has 1 aliphatic carbocycles. The summed E-state index contributed by atoms with van der Waals surface area (Å²) in [7, 11) is 0. The highest BCUT2D eigenvalue weighted by molar-refractivity contribution is 9.10. The van der Waals surface area contributed by atoms with E-state index in [1.54, 1.807) is 16.3 Å². The smallest absolute Gasteiger partial charge is 0.344 e. The Morgan fingerprint density at radius 2 is 2.32 bits per heavy atom. The first-order valence-corrected chi connectivity index (χ1v) is 7.76. The van der Waals surface area contributed by atoms with Crippen LogP contribution in [0.25, 0.3) is 0 Å². The number of hydrogen-bond donors (Lipinski definition) is 2. The first kappa shape index (κ1) is 12.8. The van der Waals surface area contributed by atoms with Crippen LogP contribution in [0, 0.1) is 0 Å². The van der Waals surface area contributed by atoms with Gasteiger partial charge in [0.25, 0.3) is 0 Å². The zero-order valence-electron chi connectivity index (χ0n) is 10.1. The molecule has 0 spiro atoms. The van der Waals surface area contributed by atoms with Gasteiger partial charge in [-0.3, -0.25) is 4.57 Å². The molecule has 0 bridgehead atoms. The van der Waals surface area contributed by atoms with Crippen LogP contribution in [-0.4, -0.2) is 14.8 Å². The summed E-state index contributed by atoms with van der Waals surface area (Å²) in [5.41, 5.74) is 7.57. The lowest BCUT2D eigenvalue weighted by Gasteiger charge is -2.05. The van der Waals surface area contributed by atoms with Crippen molar-refractivity contribution in [3.63, 3.8) is 0 Å². The van der Waals surface area contributed by atoms with Crippen molar-refractivity contribution < 1.29 is 0 Å². The van der Waals surface area contributed by atoms with Gasteiger partial charge in [-0.2, -0.15) is 0 Å². The standard InChI is InChI=1S/C12H13BrN4OS/c13-9-4-1-7(5-10(9)14)6-19-12-16-15-11(18)17(12)8-2-3-8/h1,4-5,8H,2-3,6,14H2,(H,15,18). The molecule has 1 fully saturated rings. The number of hydrogen-bond acceptors (Lipinski definition) is 4. The second kappa shape index (κ2) is 5.05. The lowest BCUT2D eigenvalue weighted by atomic mass is 10.2. The molecule has 2 aromatic rings. The van der Waals surface area contributed by atoms with Gasteiger partial charge in [0.2, 0.25) is 0 Å². The van der Waals surface area contributed by atoms with Crippen LogP contribution in [0.5, 0.6) is 0 Å². The quantitative estimate of drug-likeness (QED) is 0.662. The Morgan fingerprint density at radius 1 is 1.53 bits per heavy atom. The average Bonchev–Trinajstić information content (AvgIpc) is 3.15. The van der Waals surface area contributed by atoms with Crippen molar-refractivity contribution in [2.24, 2.45) is 0 Å². The molecule has 3 N–H and O–H groups in total. The van der Waals surface area contributed by atoms with Crippen molar-refractivity contribution in [1.29, 1.82) is 0 Å². The van der Waals surface area contributed by atoms with Gasteiger partial charge in [0.05, 0.1) is 0 Å². The van der Waals surface area contributed by atoms with Gasteiger partial charge >= 0.3 is 5.69 Å². The number of nitrogens with two attached hydrogens (primary N) is 1. The summed E-state index contributed by atoms with van der Waals surface area (Å²) < 4.78 is 2.66. The van der Waals surface area contributed by atoms with Gasteiger partial charge in [0, 0.05) is 22.0 Å². The number of thioether (sulfide) groups is 1. The Bertz CT molecular complexity index is 662. The maximum atomic E-state index is 11.6. The largest absolute Gasteiger partial charge is 0.398 e. The first-order chi connectivity index (χ1) is 9.15. The van der Waals surface area contributed by atoms with E-state index in [1.165, 1.54) is 0 Å². The fourth-order valence-electron chi connectivity index (χ4n) is 1.88. The molecule has 0 amide bonds. The third-order valence-electron chi connectivity index (χ3n) is 3.01. The summed E-state index contributed by atoms with van der Waals surface area (Å²) in [6.07, 6.45) is 2.14. The zero-order valence-corrected chi connectivity index (χ0v) is 12.5. The van der Waals surface area contributed by atoms with Gasteiger partial charge in [0.1, 0.15) is 0 Å². The zero-order chi connectivity index (χ0) is 13.4. The maximum Gasteiger partial charge on any atom is 0.344 e. The number of H-pyrrole nitrogens is 1. The van der Waals surface area contributed by atoms with Crippen LogP contribution in [0.3, 0.4) is 0 Å². The van der Waals surface area contributed by atoms with Crippen molar-refractivity contribution in [3.8, 4) is 0 Å². The van der Waals surface area contributed by atoms with Crippen LogP contribution in [-0.2, 0) is 5.75 Å². The van der Waals surface area contributed by atoms with Gasteiger partial charge in [-0.25, -0.2) is 9.89 Å². The summed E-state index contributed by atoms with van der Waals surface area (Å²) in [6.45, 7) is 0. The lowest BCUT2D eigenvalue weighted by Crippen LogP contribution is -2.16. The van der Waals surface area contributed by atoms with E-state index in [0.717, 1.165) is 39.5 Å². The van der Waals surface area contributed by atoms with E-state index in [2.05, 4.69) is 26.1 Å². The van der Waals surface area contributed by atoms with E-state index < -0.39 is 0 Å². The van der Waals surface area contributed by atoms with Gasteiger partial charge in [-0.1, -0.05) is 17.8 Å². The van der Waals surface area contributed by atoms with Crippen LogP contribution in [0.1, 0.15) is 24.4 Å². The van der Waals surface area contributed by atoms with Crippen molar-refractivity contribution in [2.45, 2.75) is 29.8 Å². The molecular formula is C12H13BrN4OS. The van der Waals surface area contributed by atoms with E-state index in [9.17, 15) is 4.79 Å². The van der Waals surface area contributed by atoms with Crippen molar-refractivity contribution >= 4 is 33.4 Å². The number of rotatable bonds is 4. The number of nitrogen functional groups attached to an aromatic ring is 1. The second-order valence-corrected chi connectivity index (χ2v) is 6.35. The number of nitrogens with zero attached hydrogens (tertiary/aromatic N) is 2. The molecule has 3 rings (SSSR count). The second-order valence-electron chi connectivity index (χ2n) is 4.56. The minimum Gasteiger partial charge on any atom is -0.398 e. The van der Waals surface area contributed by atoms with Crippen LogP contribution >= 0.6 is 27.7 Å². The van der Waals surface area contributed by atoms with E-state index in [-0.39, 0.29) is 5.69 Å². The fraction of sp³-hybridized carbons (Fsp3) is 0.333. The molecular weight excluding hydrogens is 328 g/mol. The van der Waals surface area contributed by atoms with Crippen LogP contribution < -0.4 is 11.4 Å². The summed E-state index contributed by atoms with van der Waals surface area (Å²) in [5.74, 6) is 0.745. The van der Waals surface area contributed by atoms with Crippen molar-refractivity contribution in [2.75, 3.05) is 5.73 Å². The molecule has 0 atom stereocenters. The monoisotopic (exact) mass is 340 g/mol. The van der Waals surface area contributed by atoms with Crippen LogP contribution in [0.4, 0.5) is 5.69 Å². The average molecular weight is 341 g/mol. The fourth-order valence-corrected chi connectivity index (χ4v) is 3.08. The molecule has 0 aliphatic heterocycles. The van der Waals surface area contributed by atoms with Gasteiger partial charge < -0.3 is 5.73 Å². The Kier molecular flexibility index (Phi) is 3.40. The number of nitrogens with one attached hydrogen (secondary N) is 1. The van der Waals surface area contributed by atoms with Gasteiger partial charge in [-0.15, -0.1) is 5.10 Å². The molecule has 1 aromatic heterocycles. The Hall–Kier alpha value is -1.21. The lowest BCUT2D eigenvalue weighted by molar-refractivity contribution is 0.642. The maximum absolute atomic E-state index is 11.6. The molecule has 1 heterocycles.